The van der Waals surface area contributed by atoms with Crippen molar-refractivity contribution in [2.24, 2.45) is 0 Å². The first-order valence-corrected chi connectivity index (χ1v) is 7.47. The second-order valence-corrected chi connectivity index (χ2v) is 6.00. The minimum Gasteiger partial charge on any atom is -0.342 e. The number of hydrogen-bond acceptors (Lipinski definition) is 2. The first kappa shape index (κ1) is 11.5. The van der Waals surface area contributed by atoms with Gasteiger partial charge in [-0.25, -0.2) is 0 Å². The maximum absolute atomic E-state index is 12.4. The van der Waals surface area contributed by atoms with Crippen molar-refractivity contribution in [3.8, 4) is 0 Å². The van der Waals surface area contributed by atoms with Gasteiger partial charge < -0.3 is 4.90 Å². The average Bonchev–Trinajstić information content (AvgIpc) is 3.14. The first-order valence-electron chi connectivity index (χ1n) is 7.47. The second-order valence-electron chi connectivity index (χ2n) is 6.00. The maximum atomic E-state index is 12.4. The molecule has 2 unspecified atom stereocenters. The molecule has 3 heterocycles. The van der Waals surface area contributed by atoms with Crippen molar-refractivity contribution in [3.05, 3.63) is 35.4 Å². The van der Waals surface area contributed by atoms with E-state index in [0.29, 0.717) is 24.5 Å². The smallest absolute Gasteiger partial charge is 0.236 e. The lowest BCUT2D eigenvalue weighted by atomic mass is 9.92. The predicted molar refractivity (Wildman–Crippen MR) is 73.7 cm³/mol. The number of carbonyl (C=O) groups excluding carboxylic acids is 1. The number of fused-ring (bicyclic) bond motifs is 5. The molecule has 2 fully saturated rings. The third-order valence-corrected chi connectivity index (χ3v) is 5.00. The lowest BCUT2D eigenvalue weighted by molar-refractivity contribution is -0.131. The molecule has 19 heavy (non-hydrogen) atoms. The van der Waals surface area contributed by atoms with Crippen molar-refractivity contribution >= 4 is 5.91 Å². The number of amides is 1. The third kappa shape index (κ3) is 1.71. The standard InChI is InChI=1S/C16H20N2O/c19-16(17-9-3-4-10-17)11-18-14-7-8-15(18)13-6-2-1-5-12(13)14/h1-2,5-6,14-15H,3-4,7-11H2. The Bertz CT molecular complexity index is 476. The van der Waals surface area contributed by atoms with Gasteiger partial charge in [-0.3, -0.25) is 9.69 Å². The van der Waals surface area contributed by atoms with E-state index in [0.717, 1.165) is 13.1 Å². The number of carbonyl (C=O) groups is 1. The van der Waals surface area contributed by atoms with Crippen LogP contribution in [0.1, 0.15) is 48.9 Å². The van der Waals surface area contributed by atoms with E-state index in [1.54, 1.807) is 0 Å². The van der Waals surface area contributed by atoms with E-state index in [1.165, 1.54) is 36.8 Å². The Labute approximate surface area is 114 Å². The highest BCUT2D eigenvalue weighted by molar-refractivity contribution is 5.78. The van der Waals surface area contributed by atoms with Crippen LogP contribution in [-0.4, -0.2) is 35.3 Å². The normalized spacial score (nSPS) is 28.9. The van der Waals surface area contributed by atoms with E-state index in [2.05, 4.69) is 29.2 Å². The fourth-order valence-electron chi connectivity index (χ4n) is 4.09. The van der Waals surface area contributed by atoms with E-state index in [-0.39, 0.29) is 0 Å². The summed E-state index contributed by atoms with van der Waals surface area (Å²) in [5.41, 5.74) is 2.93. The summed E-state index contributed by atoms with van der Waals surface area (Å²) >= 11 is 0. The van der Waals surface area contributed by atoms with Crippen molar-refractivity contribution in [2.75, 3.05) is 19.6 Å². The van der Waals surface area contributed by atoms with Crippen LogP contribution in [0.4, 0.5) is 0 Å². The number of benzene rings is 1. The Balaban J connectivity index is 1.54. The third-order valence-electron chi connectivity index (χ3n) is 5.00. The molecule has 1 aromatic carbocycles. The van der Waals surface area contributed by atoms with Crippen LogP contribution in [-0.2, 0) is 4.79 Å². The molecule has 2 bridgehead atoms. The van der Waals surface area contributed by atoms with E-state index in [4.69, 9.17) is 0 Å². The number of likely N-dealkylation sites (tertiary alicyclic amines) is 1. The summed E-state index contributed by atoms with van der Waals surface area (Å²) < 4.78 is 0. The van der Waals surface area contributed by atoms with Gasteiger partial charge in [0.1, 0.15) is 0 Å². The predicted octanol–water partition coefficient (Wildman–Crippen LogP) is 2.50. The molecule has 1 amide bonds. The molecule has 0 N–H and O–H groups in total. The fourth-order valence-corrected chi connectivity index (χ4v) is 4.09. The molecule has 3 heteroatoms. The Morgan fingerprint density at radius 1 is 1.05 bits per heavy atom. The number of hydrogen-bond donors (Lipinski definition) is 0. The monoisotopic (exact) mass is 256 g/mol. The quantitative estimate of drug-likeness (QED) is 0.811. The average molecular weight is 256 g/mol. The summed E-state index contributed by atoms with van der Waals surface area (Å²) in [7, 11) is 0. The molecular formula is C16H20N2O. The summed E-state index contributed by atoms with van der Waals surface area (Å²) in [6.45, 7) is 2.55. The van der Waals surface area contributed by atoms with Crippen LogP contribution in [0, 0.1) is 0 Å². The molecule has 0 spiro atoms. The van der Waals surface area contributed by atoms with Crippen LogP contribution in [0.2, 0.25) is 0 Å². The molecule has 0 saturated carbocycles. The van der Waals surface area contributed by atoms with Crippen LogP contribution in [0.25, 0.3) is 0 Å². The van der Waals surface area contributed by atoms with Crippen LogP contribution in [0.5, 0.6) is 0 Å². The lowest BCUT2D eigenvalue weighted by Gasteiger charge is -2.24. The summed E-state index contributed by atoms with van der Waals surface area (Å²) in [5, 5.41) is 0. The van der Waals surface area contributed by atoms with Crippen molar-refractivity contribution in [1.82, 2.24) is 9.80 Å². The highest BCUT2D eigenvalue weighted by atomic mass is 16.2. The molecule has 3 nitrogen and oxygen atoms in total. The summed E-state index contributed by atoms with van der Waals surface area (Å²) in [6.07, 6.45) is 4.79. The highest BCUT2D eigenvalue weighted by Crippen LogP contribution is 2.52. The zero-order valence-electron chi connectivity index (χ0n) is 11.2. The van der Waals surface area contributed by atoms with E-state index in [9.17, 15) is 4.79 Å². The summed E-state index contributed by atoms with van der Waals surface area (Å²) in [4.78, 5) is 16.8. The molecule has 0 aliphatic carbocycles. The molecule has 3 aliphatic rings. The minimum absolute atomic E-state index is 0.335. The number of rotatable bonds is 2. The molecule has 1 aromatic rings. The van der Waals surface area contributed by atoms with Gasteiger partial charge in [0.25, 0.3) is 0 Å². The van der Waals surface area contributed by atoms with Crippen LogP contribution in [0.3, 0.4) is 0 Å². The van der Waals surface area contributed by atoms with Gasteiger partial charge in [0.05, 0.1) is 6.54 Å². The molecule has 0 radical (unpaired) electrons. The Hall–Kier alpha value is -1.35. The zero-order chi connectivity index (χ0) is 12.8. The van der Waals surface area contributed by atoms with Gasteiger partial charge in [0.2, 0.25) is 5.91 Å². The largest absolute Gasteiger partial charge is 0.342 e. The van der Waals surface area contributed by atoms with Gasteiger partial charge in [0.15, 0.2) is 0 Å². The summed E-state index contributed by atoms with van der Waals surface area (Å²) in [6, 6.07) is 9.72. The Kier molecular flexibility index (Phi) is 2.62. The molecule has 0 aromatic heterocycles. The van der Waals surface area contributed by atoms with Gasteiger partial charge in [-0.15, -0.1) is 0 Å². The van der Waals surface area contributed by atoms with Crippen molar-refractivity contribution in [1.29, 1.82) is 0 Å². The molecule has 4 rings (SSSR count). The lowest BCUT2D eigenvalue weighted by Crippen LogP contribution is -2.37. The highest BCUT2D eigenvalue weighted by Gasteiger charge is 2.44. The molecule has 2 saturated heterocycles. The van der Waals surface area contributed by atoms with Gasteiger partial charge in [-0.2, -0.15) is 0 Å². The topological polar surface area (TPSA) is 23.6 Å². The molecule has 2 atom stereocenters. The van der Waals surface area contributed by atoms with Crippen LogP contribution in [0.15, 0.2) is 24.3 Å². The van der Waals surface area contributed by atoms with Crippen molar-refractivity contribution in [2.45, 2.75) is 37.8 Å². The SMILES string of the molecule is O=C(CN1C2CCC1c1ccccc12)N1CCCC1. The molecule has 100 valence electrons. The second kappa shape index (κ2) is 4.34. The Morgan fingerprint density at radius 3 is 2.21 bits per heavy atom. The fraction of sp³-hybridized carbons (Fsp3) is 0.562. The van der Waals surface area contributed by atoms with Crippen molar-refractivity contribution in [3.63, 3.8) is 0 Å². The zero-order valence-corrected chi connectivity index (χ0v) is 11.2. The maximum Gasteiger partial charge on any atom is 0.236 e. The first-order chi connectivity index (χ1) is 9.34. The van der Waals surface area contributed by atoms with Gasteiger partial charge in [-0.1, -0.05) is 24.3 Å². The Morgan fingerprint density at radius 2 is 1.63 bits per heavy atom. The van der Waals surface area contributed by atoms with Gasteiger partial charge in [-0.05, 0) is 36.8 Å². The van der Waals surface area contributed by atoms with E-state index in [1.807, 2.05) is 4.90 Å². The van der Waals surface area contributed by atoms with Gasteiger partial charge >= 0.3 is 0 Å². The summed E-state index contributed by atoms with van der Waals surface area (Å²) in [5.74, 6) is 0.335. The van der Waals surface area contributed by atoms with Gasteiger partial charge in [0, 0.05) is 25.2 Å². The molecular weight excluding hydrogens is 236 g/mol. The van der Waals surface area contributed by atoms with E-state index >= 15 is 0 Å². The van der Waals surface area contributed by atoms with Crippen LogP contribution >= 0.6 is 0 Å². The van der Waals surface area contributed by atoms with Crippen LogP contribution < -0.4 is 0 Å². The number of nitrogens with zero attached hydrogens (tertiary/aromatic N) is 2. The molecule has 3 aliphatic heterocycles. The van der Waals surface area contributed by atoms with E-state index < -0.39 is 0 Å². The van der Waals surface area contributed by atoms with Crippen molar-refractivity contribution < 1.29 is 4.79 Å². The minimum atomic E-state index is 0.335.